The molecule has 0 spiro atoms. The smallest absolute Gasteiger partial charge is 0.0198 e. The molecule has 1 aliphatic carbocycles. The number of rotatable bonds is 0. The molecule has 0 heterocycles. The van der Waals surface area contributed by atoms with Crippen molar-refractivity contribution in [1.29, 1.82) is 0 Å². The first-order valence-corrected chi connectivity index (χ1v) is 4.13. The highest BCUT2D eigenvalue weighted by molar-refractivity contribution is 5.48. The minimum Gasteiger partial charge on any atom is -0.0763 e. The molecule has 2 rings (SSSR count). The van der Waals surface area contributed by atoms with Crippen LogP contribution in [0.15, 0.2) is 24.3 Å². The first kappa shape index (κ1) is 6.66. The van der Waals surface area contributed by atoms with Crippen LogP contribution in [0.2, 0.25) is 0 Å². The van der Waals surface area contributed by atoms with Crippen LogP contribution < -0.4 is 10.4 Å². The SMILES string of the molecule is CC1=c2ccccc2=CCC1. The van der Waals surface area contributed by atoms with Gasteiger partial charge < -0.3 is 0 Å². The van der Waals surface area contributed by atoms with Gasteiger partial charge in [-0.05, 0) is 30.2 Å². The maximum Gasteiger partial charge on any atom is -0.0198 e. The second kappa shape index (κ2) is 2.54. The van der Waals surface area contributed by atoms with E-state index >= 15 is 0 Å². The minimum absolute atomic E-state index is 1.21. The number of hydrogen-bond donors (Lipinski definition) is 0. The largest absolute Gasteiger partial charge is 0.0763 e. The normalized spacial score (nSPS) is 15.5. The summed E-state index contributed by atoms with van der Waals surface area (Å²) in [5, 5.41) is 2.86. The Labute approximate surface area is 66.9 Å². The van der Waals surface area contributed by atoms with Crippen LogP contribution in [0.4, 0.5) is 0 Å². The fourth-order valence-corrected chi connectivity index (χ4v) is 1.64. The first-order chi connectivity index (χ1) is 5.38. The summed E-state index contributed by atoms with van der Waals surface area (Å²) in [7, 11) is 0. The lowest BCUT2D eigenvalue weighted by molar-refractivity contribution is 1.07. The van der Waals surface area contributed by atoms with Crippen molar-refractivity contribution in [3.63, 3.8) is 0 Å². The summed E-state index contributed by atoms with van der Waals surface area (Å²) in [4.78, 5) is 0. The fraction of sp³-hybridized carbons (Fsp3) is 0.273. The Bertz CT molecular complexity index is 371. The molecule has 56 valence electrons. The van der Waals surface area contributed by atoms with Gasteiger partial charge in [0.15, 0.2) is 0 Å². The molecule has 0 fully saturated rings. The molecule has 1 aromatic carbocycles. The van der Waals surface area contributed by atoms with Crippen molar-refractivity contribution in [2.45, 2.75) is 19.8 Å². The summed E-state index contributed by atoms with van der Waals surface area (Å²) in [6.45, 7) is 2.23. The summed E-state index contributed by atoms with van der Waals surface area (Å²) in [5.74, 6) is 0. The molecular formula is C11H12. The lowest BCUT2D eigenvalue weighted by Gasteiger charge is -2.04. The molecule has 0 radical (unpaired) electrons. The van der Waals surface area contributed by atoms with Crippen molar-refractivity contribution in [3.05, 3.63) is 34.7 Å². The molecule has 0 saturated heterocycles. The van der Waals surface area contributed by atoms with E-state index in [9.17, 15) is 0 Å². The molecule has 1 aliphatic rings. The molecule has 0 amide bonds. The molecule has 0 N–H and O–H groups in total. The van der Waals surface area contributed by atoms with Gasteiger partial charge in [-0.3, -0.25) is 0 Å². The molecule has 1 aromatic rings. The zero-order valence-corrected chi connectivity index (χ0v) is 6.80. The lowest BCUT2D eigenvalue weighted by atomic mass is 10.0. The Morgan fingerprint density at radius 3 is 2.82 bits per heavy atom. The van der Waals surface area contributed by atoms with Crippen LogP contribution in [0, 0.1) is 0 Å². The third-order valence-electron chi connectivity index (χ3n) is 2.30. The maximum atomic E-state index is 2.32. The third kappa shape index (κ3) is 1.09. The summed E-state index contributed by atoms with van der Waals surface area (Å²) in [6, 6.07) is 8.62. The molecule has 0 bridgehead atoms. The third-order valence-corrected chi connectivity index (χ3v) is 2.30. The van der Waals surface area contributed by atoms with Gasteiger partial charge in [-0.2, -0.15) is 0 Å². The van der Waals surface area contributed by atoms with Gasteiger partial charge in [-0.25, -0.2) is 0 Å². The second-order valence-electron chi connectivity index (χ2n) is 3.11. The van der Waals surface area contributed by atoms with E-state index < -0.39 is 0 Å². The fourth-order valence-electron chi connectivity index (χ4n) is 1.64. The highest BCUT2D eigenvalue weighted by Gasteiger charge is 1.96. The molecule has 0 heteroatoms. The number of benzene rings is 1. The summed E-state index contributed by atoms with van der Waals surface area (Å²) >= 11 is 0. The highest BCUT2D eigenvalue weighted by atomic mass is 14.0. The Morgan fingerprint density at radius 2 is 2.00 bits per heavy atom. The van der Waals surface area contributed by atoms with Crippen LogP contribution in [0.5, 0.6) is 0 Å². The Hall–Kier alpha value is -1.04. The summed E-state index contributed by atoms with van der Waals surface area (Å²) < 4.78 is 0. The quantitative estimate of drug-likeness (QED) is 0.516. The predicted molar refractivity (Wildman–Crippen MR) is 48.5 cm³/mol. The average molecular weight is 144 g/mol. The Balaban J connectivity index is 2.89. The van der Waals surface area contributed by atoms with E-state index in [-0.39, 0.29) is 0 Å². The second-order valence-corrected chi connectivity index (χ2v) is 3.11. The van der Waals surface area contributed by atoms with Crippen molar-refractivity contribution in [2.24, 2.45) is 0 Å². The van der Waals surface area contributed by atoms with Crippen LogP contribution in [-0.2, 0) is 0 Å². The van der Waals surface area contributed by atoms with Gasteiger partial charge in [0.25, 0.3) is 0 Å². The van der Waals surface area contributed by atoms with Crippen LogP contribution in [0.3, 0.4) is 0 Å². The summed E-state index contributed by atoms with van der Waals surface area (Å²) in [6.07, 6.45) is 4.77. The molecule has 0 nitrogen and oxygen atoms in total. The van der Waals surface area contributed by atoms with E-state index in [1.807, 2.05) is 0 Å². The van der Waals surface area contributed by atoms with Crippen molar-refractivity contribution in [3.8, 4) is 0 Å². The average Bonchev–Trinajstić information content (AvgIpc) is 2.06. The van der Waals surface area contributed by atoms with Crippen molar-refractivity contribution < 1.29 is 0 Å². The Kier molecular flexibility index (Phi) is 1.54. The molecule has 0 aliphatic heterocycles. The molecular weight excluding hydrogens is 132 g/mol. The van der Waals surface area contributed by atoms with Crippen molar-refractivity contribution in [2.75, 3.05) is 0 Å². The van der Waals surface area contributed by atoms with Gasteiger partial charge in [0.05, 0.1) is 0 Å². The van der Waals surface area contributed by atoms with Crippen molar-refractivity contribution in [1.82, 2.24) is 0 Å². The maximum absolute atomic E-state index is 2.32. The highest BCUT2D eigenvalue weighted by Crippen LogP contribution is 2.05. The minimum atomic E-state index is 1.21. The van der Waals surface area contributed by atoms with E-state index in [1.54, 1.807) is 0 Å². The van der Waals surface area contributed by atoms with Gasteiger partial charge in [0.2, 0.25) is 0 Å². The van der Waals surface area contributed by atoms with Crippen LogP contribution in [0.25, 0.3) is 11.6 Å². The zero-order valence-electron chi connectivity index (χ0n) is 6.80. The lowest BCUT2D eigenvalue weighted by Crippen LogP contribution is -2.27. The van der Waals surface area contributed by atoms with E-state index in [0.717, 1.165) is 0 Å². The monoisotopic (exact) mass is 144 g/mol. The first-order valence-electron chi connectivity index (χ1n) is 4.13. The number of hydrogen-bond acceptors (Lipinski definition) is 0. The van der Waals surface area contributed by atoms with E-state index in [4.69, 9.17) is 0 Å². The van der Waals surface area contributed by atoms with E-state index in [2.05, 4.69) is 37.3 Å². The standard InChI is InChI=1S/C11H12/c1-9-5-4-7-10-6-2-3-8-11(9)10/h2-3,6-8H,4-5H2,1H3. The predicted octanol–water partition coefficient (Wildman–Crippen LogP) is 1.43. The molecule has 0 unspecified atom stereocenters. The van der Waals surface area contributed by atoms with Crippen LogP contribution >= 0.6 is 0 Å². The Morgan fingerprint density at radius 1 is 1.18 bits per heavy atom. The van der Waals surface area contributed by atoms with Crippen LogP contribution in [-0.4, -0.2) is 0 Å². The van der Waals surface area contributed by atoms with Gasteiger partial charge >= 0.3 is 0 Å². The van der Waals surface area contributed by atoms with Gasteiger partial charge in [0.1, 0.15) is 0 Å². The molecule has 0 atom stereocenters. The van der Waals surface area contributed by atoms with Gasteiger partial charge in [0, 0.05) is 0 Å². The number of fused-ring (bicyclic) bond motifs is 1. The summed E-state index contributed by atoms with van der Waals surface area (Å²) in [5.41, 5.74) is 1.53. The molecule has 0 saturated carbocycles. The molecule has 11 heavy (non-hydrogen) atoms. The zero-order chi connectivity index (χ0) is 7.68. The van der Waals surface area contributed by atoms with Crippen LogP contribution in [0.1, 0.15) is 19.8 Å². The van der Waals surface area contributed by atoms with Gasteiger partial charge in [-0.1, -0.05) is 35.9 Å². The molecule has 0 aromatic heterocycles. The van der Waals surface area contributed by atoms with Gasteiger partial charge in [-0.15, -0.1) is 0 Å². The van der Waals surface area contributed by atoms with E-state index in [0.29, 0.717) is 0 Å². The topological polar surface area (TPSA) is 0 Å². The van der Waals surface area contributed by atoms with Crippen molar-refractivity contribution >= 4 is 11.6 Å². The van der Waals surface area contributed by atoms with E-state index in [1.165, 1.54) is 28.9 Å².